The molecule has 0 fully saturated rings. The minimum Gasteiger partial charge on any atom is -0.335 e. The minimum atomic E-state index is 0.0237. The van der Waals surface area contributed by atoms with E-state index in [9.17, 15) is 4.79 Å². The summed E-state index contributed by atoms with van der Waals surface area (Å²) in [7, 11) is 0. The van der Waals surface area contributed by atoms with Crippen molar-refractivity contribution in [1.29, 1.82) is 5.41 Å². The summed E-state index contributed by atoms with van der Waals surface area (Å²) in [5, 5.41) is 14.9. The number of unbranched alkanes of at least 4 members (excludes halogenated alkanes) is 1. The second-order valence-electron chi connectivity index (χ2n) is 7.92. The van der Waals surface area contributed by atoms with Gasteiger partial charge in [0.1, 0.15) is 0 Å². The van der Waals surface area contributed by atoms with Gasteiger partial charge in [-0.2, -0.15) is 0 Å². The highest BCUT2D eigenvalue weighted by atomic mass is 16.2. The largest absolute Gasteiger partial charge is 0.335 e. The van der Waals surface area contributed by atoms with Crippen molar-refractivity contribution in [2.45, 2.75) is 59.5 Å². The molecule has 3 N–H and O–H groups in total. The van der Waals surface area contributed by atoms with E-state index in [1.807, 2.05) is 53.4 Å². The van der Waals surface area contributed by atoms with Gasteiger partial charge in [0.05, 0.1) is 0 Å². The molecule has 0 heterocycles. The number of nitrogens with one attached hydrogen (secondary N) is 1. The Kier molecular flexibility index (Phi) is 8.71. The maximum absolute atomic E-state index is 12.8. The normalized spacial score (nSPS) is 12.3. The van der Waals surface area contributed by atoms with E-state index in [2.05, 4.69) is 38.0 Å². The second-order valence-corrected chi connectivity index (χ2v) is 7.92. The number of nitrogens with zero attached hydrogens (tertiary/aromatic N) is 3. The molecule has 1 amide bonds. The lowest BCUT2D eigenvalue weighted by atomic mass is 9.97. The average Bonchev–Trinajstić information content (AvgIpc) is 2.75. The fourth-order valence-corrected chi connectivity index (χ4v) is 3.33. The molecule has 0 bridgehead atoms. The Labute approximate surface area is 179 Å². The monoisotopic (exact) mass is 407 g/mol. The predicted molar refractivity (Wildman–Crippen MR) is 122 cm³/mol. The Morgan fingerprint density at radius 2 is 1.77 bits per heavy atom. The first-order chi connectivity index (χ1) is 14.4. The molecule has 0 saturated carbocycles. The zero-order chi connectivity index (χ0) is 22.1. The molecule has 0 spiro atoms. The Balaban J connectivity index is 2.26. The van der Waals surface area contributed by atoms with Gasteiger partial charge in [-0.05, 0) is 36.0 Å². The highest BCUT2D eigenvalue weighted by molar-refractivity contribution is 6.02. The summed E-state index contributed by atoms with van der Waals surface area (Å²) in [4.78, 5) is 14.8. The van der Waals surface area contributed by atoms with Gasteiger partial charge in [-0.3, -0.25) is 10.2 Å². The molecule has 2 aromatic rings. The maximum Gasteiger partial charge on any atom is 0.223 e. The number of hydrogen-bond acceptors (Lipinski definition) is 3. The van der Waals surface area contributed by atoms with Crippen LogP contribution in [0.1, 0.15) is 58.1 Å². The fourth-order valence-electron chi connectivity index (χ4n) is 3.33. The molecule has 0 aromatic heterocycles. The van der Waals surface area contributed by atoms with Gasteiger partial charge in [0.15, 0.2) is 5.84 Å². The van der Waals surface area contributed by atoms with E-state index in [0.717, 1.165) is 29.5 Å². The summed E-state index contributed by atoms with van der Waals surface area (Å²) in [5.41, 5.74) is 3.63. The van der Waals surface area contributed by atoms with E-state index >= 15 is 0 Å². The second kappa shape index (κ2) is 11.2. The Hall–Kier alpha value is -3.02. The molecule has 2 aromatic carbocycles. The summed E-state index contributed by atoms with van der Waals surface area (Å²) in [6.45, 7) is 9.13. The van der Waals surface area contributed by atoms with Crippen LogP contribution in [-0.2, 0) is 11.3 Å². The average molecular weight is 408 g/mol. The van der Waals surface area contributed by atoms with Crippen molar-refractivity contribution in [3.8, 4) is 11.1 Å². The van der Waals surface area contributed by atoms with E-state index in [1.54, 1.807) is 0 Å². The molecule has 2 rings (SSSR count). The maximum atomic E-state index is 12.8. The van der Waals surface area contributed by atoms with Crippen molar-refractivity contribution in [2.24, 2.45) is 22.1 Å². The molecular weight excluding hydrogens is 374 g/mol. The zero-order valence-electron chi connectivity index (χ0n) is 18.4. The Morgan fingerprint density at radius 3 is 2.37 bits per heavy atom. The smallest absolute Gasteiger partial charge is 0.223 e. The van der Waals surface area contributed by atoms with E-state index < -0.39 is 0 Å². The third-order valence-electron chi connectivity index (χ3n) is 5.48. The van der Waals surface area contributed by atoms with Crippen LogP contribution in [0.15, 0.2) is 58.9 Å². The van der Waals surface area contributed by atoms with E-state index in [0.29, 0.717) is 24.4 Å². The molecule has 0 radical (unpaired) electrons. The van der Waals surface area contributed by atoms with E-state index in [-0.39, 0.29) is 17.8 Å². The number of carbonyl (C=O) groups excluding carboxylic acids is 1. The number of carbonyl (C=O) groups is 1. The van der Waals surface area contributed by atoms with Gasteiger partial charge in [0.2, 0.25) is 5.91 Å². The molecule has 1 atom stereocenters. The standard InChI is InChI=1S/C24H33N5O/c1-5-6-11-23(30)29(18(4)17(2)3)16-19-12-14-20(15-13-19)21-9-7-8-10-22(21)24(25)27-28-26/h7-10,12-15,17-18H,5-6,11,16H2,1-4H3,(H3,25,26,27). The van der Waals surface area contributed by atoms with Crippen molar-refractivity contribution in [2.75, 3.05) is 0 Å². The van der Waals surface area contributed by atoms with Crippen LogP contribution >= 0.6 is 0 Å². The van der Waals surface area contributed by atoms with Crippen molar-refractivity contribution >= 4 is 11.7 Å². The van der Waals surface area contributed by atoms with Crippen molar-refractivity contribution in [1.82, 2.24) is 4.90 Å². The number of amidine groups is 1. The fraction of sp³-hybridized carbons (Fsp3) is 0.417. The van der Waals surface area contributed by atoms with E-state index in [4.69, 9.17) is 11.3 Å². The quantitative estimate of drug-likeness (QED) is 0.187. The summed E-state index contributed by atoms with van der Waals surface area (Å²) in [6, 6.07) is 15.9. The Morgan fingerprint density at radius 1 is 1.10 bits per heavy atom. The number of amides is 1. The van der Waals surface area contributed by atoms with E-state index in [1.165, 1.54) is 0 Å². The lowest BCUT2D eigenvalue weighted by Gasteiger charge is -2.32. The topological polar surface area (TPSA) is 94.9 Å². The number of hydrogen-bond donors (Lipinski definition) is 2. The summed E-state index contributed by atoms with van der Waals surface area (Å²) < 4.78 is 0. The van der Waals surface area contributed by atoms with Gasteiger partial charge in [-0.1, -0.05) is 80.9 Å². The highest BCUT2D eigenvalue weighted by Crippen LogP contribution is 2.26. The summed E-state index contributed by atoms with van der Waals surface area (Å²) in [6.07, 6.45) is 2.53. The van der Waals surface area contributed by atoms with Crippen LogP contribution in [0.4, 0.5) is 0 Å². The van der Waals surface area contributed by atoms with Gasteiger partial charge in [0, 0.05) is 24.6 Å². The number of rotatable bonds is 9. The first-order valence-corrected chi connectivity index (χ1v) is 10.6. The predicted octanol–water partition coefficient (Wildman–Crippen LogP) is 5.57. The van der Waals surface area contributed by atoms with Crippen LogP contribution in [0.5, 0.6) is 0 Å². The van der Waals surface area contributed by atoms with Crippen LogP contribution in [0, 0.1) is 11.3 Å². The van der Waals surface area contributed by atoms with Crippen LogP contribution in [0.3, 0.4) is 0 Å². The first kappa shape index (κ1) is 23.3. The highest BCUT2D eigenvalue weighted by Gasteiger charge is 2.22. The van der Waals surface area contributed by atoms with Crippen LogP contribution in [0.25, 0.3) is 11.1 Å². The lowest BCUT2D eigenvalue weighted by Crippen LogP contribution is -2.40. The van der Waals surface area contributed by atoms with Gasteiger partial charge in [-0.25, -0.2) is 0 Å². The number of nitrogens with two attached hydrogens (primary N) is 1. The molecule has 160 valence electrons. The van der Waals surface area contributed by atoms with Crippen LogP contribution in [0.2, 0.25) is 0 Å². The van der Waals surface area contributed by atoms with Crippen molar-refractivity contribution in [3.05, 3.63) is 59.7 Å². The summed E-state index contributed by atoms with van der Waals surface area (Å²) in [5.74, 6) is 5.74. The number of benzene rings is 2. The molecule has 0 aliphatic rings. The van der Waals surface area contributed by atoms with Crippen molar-refractivity contribution in [3.63, 3.8) is 0 Å². The van der Waals surface area contributed by atoms with Crippen LogP contribution < -0.4 is 5.84 Å². The molecule has 6 nitrogen and oxygen atoms in total. The SMILES string of the molecule is CCCCC(=O)N(Cc1ccc(-c2ccccc2C(=N)N=NN)cc1)C(C)C(C)C. The molecule has 0 aliphatic carbocycles. The van der Waals surface area contributed by atoms with Crippen LogP contribution in [-0.4, -0.2) is 22.7 Å². The van der Waals surface area contributed by atoms with Gasteiger partial charge < -0.3 is 10.7 Å². The third-order valence-corrected chi connectivity index (χ3v) is 5.48. The minimum absolute atomic E-state index is 0.0237. The van der Waals surface area contributed by atoms with Gasteiger partial charge in [0.25, 0.3) is 0 Å². The third kappa shape index (κ3) is 5.99. The summed E-state index contributed by atoms with van der Waals surface area (Å²) >= 11 is 0. The molecule has 0 aliphatic heterocycles. The molecule has 0 saturated heterocycles. The molecule has 6 heteroatoms. The van der Waals surface area contributed by atoms with Gasteiger partial charge >= 0.3 is 0 Å². The zero-order valence-corrected chi connectivity index (χ0v) is 18.4. The Bertz CT molecular complexity index is 873. The first-order valence-electron chi connectivity index (χ1n) is 10.6. The molecule has 1 unspecified atom stereocenters. The lowest BCUT2D eigenvalue weighted by molar-refractivity contribution is -0.135. The van der Waals surface area contributed by atoms with Gasteiger partial charge in [-0.15, -0.1) is 5.11 Å². The van der Waals surface area contributed by atoms with Crippen molar-refractivity contribution < 1.29 is 4.79 Å². The molecular formula is C24H33N5O. The molecule has 30 heavy (non-hydrogen) atoms.